The van der Waals surface area contributed by atoms with Crippen molar-refractivity contribution in [2.75, 3.05) is 12.4 Å². The molecule has 6 nitrogen and oxygen atoms in total. The Kier molecular flexibility index (Phi) is 5.26. The molecule has 0 bridgehead atoms. The summed E-state index contributed by atoms with van der Waals surface area (Å²) in [6.07, 6.45) is 0. The van der Waals surface area contributed by atoms with Gasteiger partial charge in [-0.15, -0.1) is 5.10 Å². The van der Waals surface area contributed by atoms with Crippen LogP contribution in [-0.2, 0) is 0 Å². The molecular weight excluding hydrogens is 383 g/mol. The molecule has 1 amide bonds. The molecule has 0 radical (unpaired) electrons. The molecule has 0 saturated heterocycles. The van der Waals surface area contributed by atoms with Gasteiger partial charge < -0.3 is 10.1 Å². The SMILES string of the molecule is COc1ccccc1NC(=O)c1nc(-c2cccc(C)c2)n(-c2ccc(F)cc2)n1. The van der Waals surface area contributed by atoms with Crippen LogP contribution in [0.5, 0.6) is 5.75 Å². The quantitative estimate of drug-likeness (QED) is 0.528. The van der Waals surface area contributed by atoms with Crippen molar-refractivity contribution in [2.24, 2.45) is 0 Å². The molecule has 0 aliphatic heterocycles. The number of hydrogen-bond donors (Lipinski definition) is 1. The van der Waals surface area contributed by atoms with Crippen LogP contribution in [0.25, 0.3) is 17.1 Å². The molecule has 150 valence electrons. The van der Waals surface area contributed by atoms with Gasteiger partial charge in [0.2, 0.25) is 5.82 Å². The van der Waals surface area contributed by atoms with Crippen molar-refractivity contribution in [1.29, 1.82) is 0 Å². The maximum atomic E-state index is 13.4. The molecule has 1 N–H and O–H groups in total. The third-order valence-electron chi connectivity index (χ3n) is 4.51. The zero-order chi connectivity index (χ0) is 21.1. The standard InChI is InChI=1S/C23H19FN4O2/c1-15-6-5-7-16(14-15)22-26-21(27-28(22)18-12-10-17(24)11-13-18)23(29)25-19-8-3-4-9-20(19)30-2/h3-14H,1-2H3,(H,25,29). The maximum Gasteiger partial charge on any atom is 0.295 e. The van der Waals surface area contributed by atoms with E-state index in [0.717, 1.165) is 11.1 Å². The van der Waals surface area contributed by atoms with Crippen LogP contribution in [0.3, 0.4) is 0 Å². The van der Waals surface area contributed by atoms with E-state index in [-0.39, 0.29) is 11.6 Å². The molecule has 30 heavy (non-hydrogen) atoms. The van der Waals surface area contributed by atoms with Gasteiger partial charge in [0.1, 0.15) is 11.6 Å². The summed E-state index contributed by atoms with van der Waals surface area (Å²) in [5, 5.41) is 7.18. The van der Waals surface area contributed by atoms with E-state index in [2.05, 4.69) is 15.4 Å². The van der Waals surface area contributed by atoms with Gasteiger partial charge in [-0.05, 0) is 49.4 Å². The predicted molar refractivity (Wildman–Crippen MR) is 112 cm³/mol. The van der Waals surface area contributed by atoms with Crippen LogP contribution in [0.2, 0.25) is 0 Å². The lowest BCUT2D eigenvalue weighted by Crippen LogP contribution is -2.15. The molecule has 0 aliphatic carbocycles. The fourth-order valence-corrected chi connectivity index (χ4v) is 3.07. The lowest BCUT2D eigenvalue weighted by molar-refractivity contribution is 0.101. The second kappa shape index (κ2) is 8.16. The van der Waals surface area contributed by atoms with Gasteiger partial charge in [-0.2, -0.15) is 0 Å². The zero-order valence-corrected chi connectivity index (χ0v) is 16.5. The van der Waals surface area contributed by atoms with E-state index in [1.54, 1.807) is 30.3 Å². The lowest BCUT2D eigenvalue weighted by Gasteiger charge is -2.08. The highest BCUT2D eigenvalue weighted by atomic mass is 19.1. The molecule has 1 aromatic heterocycles. The summed E-state index contributed by atoms with van der Waals surface area (Å²) in [6, 6.07) is 20.7. The average Bonchev–Trinajstić information content (AvgIpc) is 3.20. The number of methoxy groups -OCH3 is 1. The summed E-state index contributed by atoms with van der Waals surface area (Å²) in [7, 11) is 1.53. The Hall–Kier alpha value is -4.00. The molecule has 4 aromatic rings. The van der Waals surface area contributed by atoms with E-state index in [1.165, 1.54) is 23.9 Å². The fraction of sp³-hybridized carbons (Fsp3) is 0.0870. The Morgan fingerprint density at radius 2 is 1.80 bits per heavy atom. The highest BCUT2D eigenvalue weighted by molar-refractivity contribution is 6.02. The largest absolute Gasteiger partial charge is 0.495 e. The van der Waals surface area contributed by atoms with Gasteiger partial charge in [0.05, 0.1) is 18.5 Å². The molecular formula is C23H19FN4O2. The summed E-state index contributed by atoms with van der Waals surface area (Å²) in [4.78, 5) is 17.3. The fourth-order valence-electron chi connectivity index (χ4n) is 3.07. The van der Waals surface area contributed by atoms with E-state index in [4.69, 9.17) is 4.74 Å². The topological polar surface area (TPSA) is 69.0 Å². The van der Waals surface area contributed by atoms with Crippen LogP contribution in [0.15, 0.2) is 72.8 Å². The molecule has 4 rings (SSSR count). The number of para-hydroxylation sites is 2. The second-order valence-electron chi connectivity index (χ2n) is 6.67. The molecule has 0 fully saturated rings. The molecule has 1 heterocycles. The van der Waals surface area contributed by atoms with Gasteiger partial charge in [-0.1, -0.05) is 35.9 Å². The van der Waals surface area contributed by atoms with Gasteiger partial charge in [0.25, 0.3) is 5.91 Å². The minimum absolute atomic E-state index is 0.0123. The summed E-state index contributed by atoms with van der Waals surface area (Å²) < 4.78 is 20.2. The van der Waals surface area contributed by atoms with Crippen molar-refractivity contribution in [3.05, 3.63) is 90.0 Å². The number of anilines is 1. The van der Waals surface area contributed by atoms with Gasteiger partial charge in [0, 0.05) is 5.56 Å². The van der Waals surface area contributed by atoms with Crippen molar-refractivity contribution in [1.82, 2.24) is 14.8 Å². The van der Waals surface area contributed by atoms with Gasteiger partial charge in [-0.25, -0.2) is 14.1 Å². The highest BCUT2D eigenvalue weighted by Gasteiger charge is 2.20. The minimum atomic E-state index is -0.478. The van der Waals surface area contributed by atoms with Crippen LogP contribution < -0.4 is 10.1 Å². The van der Waals surface area contributed by atoms with Crippen LogP contribution in [-0.4, -0.2) is 27.8 Å². The van der Waals surface area contributed by atoms with E-state index >= 15 is 0 Å². The Bertz CT molecular complexity index is 1200. The average molecular weight is 402 g/mol. The first kappa shape index (κ1) is 19.3. The van der Waals surface area contributed by atoms with E-state index in [9.17, 15) is 9.18 Å². The van der Waals surface area contributed by atoms with Crippen molar-refractivity contribution in [3.8, 4) is 22.8 Å². The number of benzene rings is 3. The zero-order valence-electron chi connectivity index (χ0n) is 16.5. The van der Waals surface area contributed by atoms with Crippen molar-refractivity contribution in [3.63, 3.8) is 0 Å². The normalized spacial score (nSPS) is 10.6. The number of amides is 1. The molecule has 3 aromatic carbocycles. The highest BCUT2D eigenvalue weighted by Crippen LogP contribution is 2.25. The third kappa shape index (κ3) is 3.91. The molecule has 0 saturated carbocycles. The molecule has 0 aliphatic rings. The monoisotopic (exact) mass is 402 g/mol. The smallest absolute Gasteiger partial charge is 0.295 e. The number of ether oxygens (including phenoxy) is 1. The Labute approximate surface area is 173 Å². The molecule has 0 unspecified atom stereocenters. The summed E-state index contributed by atoms with van der Waals surface area (Å²) in [6.45, 7) is 1.97. The molecule has 0 atom stereocenters. The lowest BCUT2D eigenvalue weighted by atomic mass is 10.1. The number of nitrogens with zero attached hydrogens (tertiary/aromatic N) is 3. The van der Waals surface area contributed by atoms with Gasteiger partial charge in [-0.3, -0.25) is 4.79 Å². The van der Waals surface area contributed by atoms with Crippen LogP contribution in [0.4, 0.5) is 10.1 Å². The van der Waals surface area contributed by atoms with Crippen molar-refractivity contribution in [2.45, 2.75) is 6.92 Å². The van der Waals surface area contributed by atoms with Gasteiger partial charge in [0.15, 0.2) is 5.82 Å². The van der Waals surface area contributed by atoms with Crippen LogP contribution in [0.1, 0.15) is 16.2 Å². The number of carbonyl (C=O) groups is 1. The summed E-state index contributed by atoms with van der Waals surface area (Å²) in [5.74, 6) is 0.166. The number of aryl methyl sites for hydroxylation is 1. The third-order valence-corrected chi connectivity index (χ3v) is 4.51. The Morgan fingerprint density at radius 1 is 1.03 bits per heavy atom. The second-order valence-corrected chi connectivity index (χ2v) is 6.67. The Morgan fingerprint density at radius 3 is 2.53 bits per heavy atom. The molecule has 0 spiro atoms. The number of rotatable bonds is 5. The van der Waals surface area contributed by atoms with E-state index in [0.29, 0.717) is 22.9 Å². The first-order chi connectivity index (χ1) is 14.5. The first-order valence-electron chi connectivity index (χ1n) is 9.29. The maximum absolute atomic E-state index is 13.4. The number of carbonyl (C=O) groups excluding carboxylic acids is 1. The Balaban J connectivity index is 1.76. The first-order valence-corrected chi connectivity index (χ1v) is 9.29. The number of hydrogen-bond acceptors (Lipinski definition) is 4. The van der Waals surface area contributed by atoms with Gasteiger partial charge >= 0.3 is 0 Å². The number of halogens is 1. The van der Waals surface area contributed by atoms with E-state index < -0.39 is 5.91 Å². The van der Waals surface area contributed by atoms with Crippen LogP contribution >= 0.6 is 0 Å². The molecule has 7 heteroatoms. The minimum Gasteiger partial charge on any atom is -0.495 e. The number of nitrogens with one attached hydrogen (secondary N) is 1. The number of aromatic nitrogens is 3. The van der Waals surface area contributed by atoms with Crippen molar-refractivity contribution >= 4 is 11.6 Å². The summed E-state index contributed by atoms with van der Waals surface area (Å²) in [5.41, 5.74) is 2.95. The van der Waals surface area contributed by atoms with Crippen molar-refractivity contribution < 1.29 is 13.9 Å². The summed E-state index contributed by atoms with van der Waals surface area (Å²) >= 11 is 0. The van der Waals surface area contributed by atoms with Crippen LogP contribution in [0, 0.1) is 12.7 Å². The van der Waals surface area contributed by atoms with E-state index in [1.807, 2.05) is 37.3 Å². The predicted octanol–water partition coefficient (Wildman–Crippen LogP) is 4.64.